The van der Waals surface area contributed by atoms with Crippen LogP contribution in [0.4, 0.5) is 13.2 Å². The molecule has 0 amide bonds. The zero-order valence-corrected chi connectivity index (χ0v) is 16.4. The molecule has 1 aliphatic heterocycles. The second-order valence-corrected chi connectivity index (χ2v) is 7.53. The molecule has 2 aromatic carbocycles. The highest BCUT2D eigenvalue weighted by molar-refractivity contribution is 6.34. The second-order valence-electron chi connectivity index (χ2n) is 6.65. The lowest BCUT2D eigenvalue weighted by atomic mass is 9.86. The number of para-hydroxylation sites is 1. The van der Waals surface area contributed by atoms with Crippen molar-refractivity contribution in [2.24, 2.45) is 5.16 Å². The molecule has 5 nitrogen and oxygen atoms in total. The van der Waals surface area contributed by atoms with E-state index in [1.807, 2.05) is 0 Å². The molecular weight excluding hydrogens is 444 g/mol. The summed E-state index contributed by atoms with van der Waals surface area (Å²) in [6, 6.07) is 9.46. The topological polar surface area (TPSA) is 71.8 Å². The lowest BCUT2D eigenvalue weighted by molar-refractivity contribution is -0.275. The summed E-state index contributed by atoms with van der Waals surface area (Å²) in [6.45, 7) is 0. The maximum absolute atomic E-state index is 14.2. The standard InChI is InChI=1S/C20H11Cl2F3N2O3/c21-11-6-10(7-12(22)8-11)19(20(23,24)25)9-16(27-30-19)13-4-5-26-17-14(13)2-1-3-15(17)18(28)29/h1-8H,9H2,(H,28,29). The predicted octanol–water partition coefficient (Wildman–Crippen LogP) is 5.82. The molecule has 0 spiro atoms. The molecule has 0 fully saturated rings. The fourth-order valence-electron chi connectivity index (χ4n) is 3.44. The number of rotatable bonds is 3. The number of halogens is 5. The molecule has 0 aliphatic carbocycles. The minimum atomic E-state index is -4.83. The molecule has 0 bridgehead atoms. The van der Waals surface area contributed by atoms with E-state index in [1.165, 1.54) is 30.5 Å². The number of alkyl halides is 3. The van der Waals surface area contributed by atoms with Gasteiger partial charge in [0.2, 0.25) is 0 Å². The molecule has 10 heteroatoms. The van der Waals surface area contributed by atoms with Crippen LogP contribution in [0.25, 0.3) is 10.9 Å². The molecule has 0 saturated carbocycles. The third-order valence-electron chi connectivity index (χ3n) is 4.83. The van der Waals surface area contributed by atoms with E-state index in [4.69, 9.17) is 28.0 Å². The van der Waals surface area contributed by atoms with E-state index in [0.29, 0.717) is 10.9 Å². The average molecular weight is 455 g/mol. The van der Waals surface area contributed by atoms with Crippen LogP contribution in [-0.4, -0.2) is 27.9 Å². The van der Waals surface area contributed by atoms with Crippen LogP contribution < -0.4 is 0 Å². The third-order valence-corrected chi connectivity index (χ3v) is 5.26. The highest BCUT2D eigenvalue weighted by Gasteiger charge is 2.62. The first kappa shape index (κ1) is 20.4. The number of benzene rings is 2. The number of aromatic nitrogens is 1. The third kappa shape index (κ3) is 3.26. The summed E-state index contributed by atoms with van der Waals surface area (Å²) in [5.74, 6) is -1.20. The van der Waals surface area contributed by atoms with Gasteiger partial charge >= 0.3 is 12.1 Å². The Morgan fingerprint density at radius 2 is 1.83 bits per heavy atom. The van der Waals surface area contributed by atoms with Crippen molar-refractivity contribution < 1.29 is 27.9 Å². The summed E-state index contributed by atoms with van der Waals surface area (Å²) in [5, 5.41) is 13.5. The van der Waals surface area contributed by atoms with E-state index in [2.05, 4.69) is 10.1 Å². The Kier molecular flexibility index (Phi) is 4.86. The van der Waals surface area contributed by atoms with Gasteiger partial charge in [0.25, 0.3) is 5.60 Å². The number of carboxylic acids is 1. The molecule has 4 rings (SSSR count). The molecule has 1 aromatic heterocycles. The summed E-state index contributed by atoms with van der Waals surface area (Å²) in [5.41, 5.74) is -2.70. The maximum atomic E-state index is 14.2. The summed E-state index contributed by atoms with van der Waals surface area (Å²) < 4.78 is 42.5. The molecule has 0 saturated heterocycles. The first-order valence-corrected chi connectivity index (χ1v) is 9.28. The van der Waals surface area contributed by atoms with Crippen molar-refractivity contribution in [1.29, 1.82) is 0 Å². The molecular formula is C20H11Cl2F3N2O3. The largest absolute Gasteiger partial charge is 0.478 e. The molecule has 3 aromatic rings. The Morgan fingerprint density at radius 1 is 1.13 bits per heavy atom. The van der Waals surface area contributed by atoms with Crippen molar-refractivity contribution in [1.82, 2.24) is 4.98 Å². The number of oxime groups is 1. The van der Waals surface area contributed by atoms with Crippen molar-refractivity contribution in [3.63, 3.8) is 0 Å². The van der Waals surface area contributed by atoms with Gasteiger partial charge in [0.1, 0.15) is 0 Å². The van der Waals surface area contributed by atoms with Gasteiger partial charge in [-0.05, 0) is 30.3 Å². The zero-order chi connectivity index (χ0) is 21.7. The van der Waals surface area contributed by atoms with E-state index in [1.54, 1.807) is 6.07 Å². The monoisotopic (exact) mass is 454 g/mol. The summed E-state index contributed by atoms with van der Waals surface area (Å²) in [6.07, 6.45) is -4.17. The Hall–Kier alpha value is -2.84. The fourth-order valence-corrected chi connectivity index (χ4v) is 3.96. The molecule has 1 aliphatic rings. The molecule has 0 radical (unpaired) electrons. The van der Waals surface area contributed by atoms with Crippen LogP contribution in [-0.2, 0) is 10.4 Å². The smallest absolute Gasteiger partial charge is 0.435 e. The summed E-state index contributed by atoms with van der Waals surface area (Å²) in [7, 11) is 0. The highest BCUT2D eigenvalue weighted by atomic mass is 35.5. The second kappa shape index (κ2) is 7.14. The van der Waals surface area contributed by atoms with E-state index in [0.717, 1.165) is 12.1 Å². The van der Waals surface area contributed by atoms with E-state index < -0.39 is 24.2 Å². The molecule has 2 heterocycles. The fraction of sp³-hybridized carbons (Fsp3) is 0.150. The van der Waals surface area contributed by atoms with Crippen molar-refractivity contribution >= 4 is 45.8 Å². The number of pyridine rings is 1. The van der Waals surface area contributed by atoms with Crippen LogP contribution >= 0.6 is 23.2 Å². The van der Waals surface area contributed by atoms with Gasteiger partial charge in [0, 0.05) is 39.2 Å². The molecule has 1 N–H and O–H groups in total. The Bertz CT molecular complexity index is 1190. The van der Waals surface area contributed by atoms with E-state index in [9.17, 15) is 23.1 Å². The van der Waals surface area contributed by atoms with Crippen LogP contribution in [0.15, 0.2) is 53.8 Å². The molecule has 1 unspecified atom stereocenters. The minimum Gasteiger partial charge on any atom is -0.478 e. The van der Waals surface area contributed by atoms with Gasteiger partial charge in [-0.15, -0.1) is 0 Å². The normalized spacial score (nSPS) is 18.9. The van der Waals surface area contributed by atoms with E-state index >= 15 is 0 Å². The van der Waals surface area contributed by atoms with Gasteiger partial charge in [-0.25, -0.2) is 4.79 Å². The highest BCUT2D eigenvalue weighted by Crippen LogP contribution is 2.50. The van der Waals surface area contributed by atoms with Gasteiger partial charge in [-0.2, -0.15) is 13.2 Å². The van der Waals surface area contributed by atoms with Gasteiger partial charge in [0.05, 0.1) is 16.8 Å². The number of fused-ring (bicyclic) bond motifs is 1. The number of carbonyl (C=O) groups is 1. The van der Waals surface area contributed by atoms with Crippen molar-refractivity contribution in [3.05, 3.63) is 75.4 Å². The quantitative estimate of drug-likeness (QED) is 0.540. The zero-order valence-electron chi connectivity index (χ0n) is 14.9. The number of nitrogens with zero attached hydrogens (tertiary/aromatic N) is 2. The predicted molar refractivity (Wildman–Crippen MR) is 105 cm³/mol. The van der Waals surface area contributed by atoms with Crippen molar-refractivity contribution in [2.45, 2.75) is 18.2 Å². The van der Waals surface area contributed by atoms with Crippen LogP contribution in [0, 0.1) is 0 Å². The first-order chi connectivity index (χ1) is 14.1. The minimum absolute atomic E-state index is 0.00152. The Labute approximate surface area is 177 Å². The lowest BCUT2D eigenvalue weighted by Gasteiger charge is -2.29. The van der Waals surface area contributed by atoms with Crippen LogP contribution in [0.1, 0.15) is 27.9 Å². The average Bonchev–Trinajstić information content (AvgIpc) is 3.13. The molecule has 30 heavy (non-hydrogen) atoms. The van der Waals surface area contributed by atoms with Gasteiger partial charge in [0.15, 0.2) is 0 Å². The Balaban J connectivity index is 1.84. The number of aromatic carboxylic acids is 1. The number of carboxylic acid groups (broad SMARTS) is 1. The lowest BCUT2D eigenvalue weighted by Crippen LogP contribution is -2.42. The SMILES string of the molecule is O=C(O)c1cccc2c(C3=NOC(c4cc(Cl)cc(Cl)c4)(C(F)(F)F)C3)ccnc12. The van der Waals surface area contributed by atoms with Crippen LogP contribution in [0.3, 0.4) is 0 Å². The molecule has 1 atom stereocenters. The number of hydrogen-bond acceptors (Lipinski definition) is 4. The van der Waals surface area contributed by atoms with Gasteiger partial charge in [-0.1, -0.05) is 40.5 Å². The maximum Gasteiger partial charge on any atom is 0.435 e. The summed E-state index contributed by atoms with van der Waals surface area (Å²) >= 11 is 11.8. The Morgan fingerprint density at radius 3 is 2.47 bits per heavy atom. The van der Waals surface area contributed by atoms with E-state index in [-0.39, 0.29) is 32.4 Å². The number of hydrogen-bond donors (Lipinski definition) is 1. The summed E-state index contributed by atoms with van der Waals surface area (Å²) in [4.78, 5) is 20.5. The van der Waals surface area contributed by atoms with Gasteiger partial charge < -0.3 is 9.94 Å². The van der Waals surface area contributed by atoms with Crippen molar-refractivity contribution in [3.8, 4) is 0 Å². The van der Waals surface area contributed by atoms with Gasteiger partial charge in [-0.3, -0.25) is 4.98 Å². The van der Waals surface area contributed by atoms with Crippen LogP contribution in [0.5, 0.6) is 0 Å². The van der Waals surface area contributed by atoms with Crippen molar-refractivity contribution in [2.75, 3.05) is 0 Å². The first-order valence-electron chi connectivity index (χ1n) is 8.52. The van der Waals surface area contributed by atoms with Crippen LogP contribution in [0.2, 0.25) is 10.0 Å². The molecule has 154 valence electrons.